The Bertz CT molecular complexity index is 812. The summed E-state index contributed by atoms with van der Waals surface area (Å²) in [6.45, 7) is 6.51. The molecule has 1 aromatic rings. The molecule has 196 valence electrons. The van der Waals surface area contributed by atoms with E-state index in [9.17, 15) is 4.79 Å². The number of hydrogen-bond donors (Lipinski definition) is 2. The maximum Gasteiger partial charge on any atom is 0.435 e. The number of unbranched alkanes of at least 4 members (excludes halogenated alkanes) is 7. The molecule has 0 radical (unpaired) electrons. The Balaban J connectivity index is 1.44. The van der Waals surface area contributed by atoms with Gasteiger partial charge in [-0.05, 0) is 44.5 Å². The summed E-state index contributed by atoms with van der Waals surface area (Å²) in [6.07, 6.45) is 9.18. The molecule has 1 amide bonds. The van der Waals surface area contributed by atoms with Crippen molar-refractivity contribution in [3.8, 4) is 5.75 Å². The number of hydrogen-bond acceptors (Lipinski definition) is 8. The first-order valence-electron chi connectivity index (χ1n) is 12.6. The topological polar surface area (TPSA) is 96.5 Å². The van der Waals surface area contributed by atoms with Crippen LogP contribution in [0, 0.1) is 0 Å². The van der Waals surface area contributed by atoms with Gasteiger partial charge in [0.1, 0.15) is 11.9 Å². The Morgan fingerprint density at radius 2 is 1.71 bits per heavy atom. The molecule has 0 bridgehead atoms. The SMILES string of the molecule is CCCCCCCCCCO[C@H]1C(=CNOC(=O)Nc2ccc(OC)cc2)O[C@@H]2OC(C)(C)O[C@@H]21. The molecule has 0 saturated carbocycles. The third-order valence-electron chi connectivity index (χ3n) is 5.90. The Morgan fingerprint density at radius 1 is 1.03 bits per heavy atom. The third-order valence-corrected chi connectivity index (χ3v) is 5.90. The van der Waals surface area contributed by atoms with Crippen LogP contribution in [0.2, 0.25) is 0 Å². The lowest BCUT2D eigenvalue weighted by molar-refractivity contribution is -0.191. The van der Waals surface area contributed by atoms with Crippen LogP contribution in [0.1, 0.15) is 72.1 Å². The number of fused-ring (bicyclic) bond motifs is 1. The number of anilines is 1. The molecular formula is C26H40N2O7. The van der Waals surface area contributed by atoms with E-state index < -0.39 is 24.3 Å². The van der Waals surface area contributed by atoms with E-state index in [1.54, 1.807) is 31.4 Å². The molecule has 35 heavy (non-hydrogen) atoms. The fourth-order valence-electron chi connectivity index (χ4n) is 4.11. The van der Waals surface area contributed by atoms with Crippen molar-refractivity contribution in [2.24, 2.45) is 0 Å². The zero-order valence-corrected chi connectivity index (χ0v) is 21.3. The maximum absolute atomic E-state index is 12.1. The van der Waals surface area contributed by atoms with Gasteiger partial charge in [0.25, 0.3) is 0 Å². The van der Waals surface area contributed by atoms with Crippen molar-refractivity contribution in [1.82, 2.24) is 5.48 Å². The molecule has 0 aliphatic carbocycles. The molecular weight excluding hydrogens is 452 g/mol. The first-order chi connectivity index (χ1) is 16.9. The average Bonchev–Trinajstić information content (AvgIpc) is 3.29. The molecule has 9 nitrogen and oxygen atoms in total. The van der Waals surface area contributed by atoms with E-state index in [1.165, 1.54) is 44.7 Å². The van der Waals surface area contributed by atoms with E-state index in [1.807, 2.05) is 13.8 Å². The fraction of sp³-hybridized carbons (Fsp3) is 0.654. The zero-order chi connectivity index (χ0) is 25.1. The lowest BCUT2D eigenvalue weighted by Gasteiger charge is -2.22. The van der Waals surface area contributed by atoms with E-state index in [4.69, 9.17) is 28.5 Å². The smallest absolute Gasteiger partial charge is 0.435 e. The number of carbonyl (C=O) groups excluding carboxylic acids is 1. The minimum absolute atomic E-state index is 0.389. The summed E-state index contributed by atoms with van der Waals surface area (Å²) < 4.78 is 29.0. The van der Waals surface area contributed by atoms with E-state index >= 15 is 0 Å². The molecule has 2 aliphatic rings. The van der Waals surface area contributed by atoms with Crippen molar-refractivity contribution >= 4 is 11.8 Å². The Hall–Kier alpha value is -2.49. The lowest BCUT2D eigenvalue weighted by Crippen LogP contribution is -2.32. The number of carbonyl (C=O) groups is 1. The number of amides is 1. The van der Waals surface area contributed by atoms with Gasteiger partial charge in [0.05, 0.1) is 13.3 Å². The lowest BCUT2D eigenvalue weighted by atomic mass is 10.1. The molecule has 1 aromatic carbocycles. The van der Waals surface area contributed by atoms with Crippen LogP contribution in [-0.2, 0) is 23.8 Å². The van der Waals surface area contributed by atoms with Gasteiger partial charge in [-0.25, -0.2) is 10.3 Å². The highest BCUT2D eigenvalue weighted by Crippen LogP contribution is 2.40. The van der Waals surface area contributed by atoms with Gasteiger partial charge in [-0.2, -0.15) is 0 Å². The van der Waals surface area contributed by atoms with Crippen LogP contribution < -0.4 is 15.5 Å². The Labute approximate surface area is 208 Å². The van der Waals surface area contributed by atoms with Crippen LogP contribution in [0.15, 0.2) is 36.2 Å². The molecule has 3 rings (SSSR count). The molecule has 0 unspecified atom stereocenters. The van der Waals surface area contributed by atoms with Gasteiger partial charge in [0, 0.05) is 12.3 Å². The predicted molar refractivity (Wildman–Crippen MR) is 132 cm³/mol. The first kappa shape index (κ1) is 27.1. The molecule has 2 heterocycles. The van der Waals surface area contributed by atoms with Crippen LogP contribution in [0.4, 0.5) is 10.5 Å². The van der Waals surface area contributed by atoms with Gasteiger partial charge in [-0.15, -0.1) is 0 Å². The minimum atomic E-state index is -0.747. The van der Waals surface area contributed by atoms with Crippen molar-refractivity contribution in [3.63, 3.8) is 0 Å². The van der Waals surface area contributed by atoms with Crippen LogP contribution >= 0.6 is 0 Å². The maximum atomic E-state index is 12.1. The van der Waals surface area contributed by atoms with Gasteiger partial charge in [-0.3, -0.25) is 5.32 Å². The number of benzene rings is 1. The second kappa shape index (κ2) is 13.6. The summed E-state index contributed by atoms with van der Waals surface area (Å²) in [4.78, 5) is 17.1. The van der Waals surface area contributed by atoms with E-state index in [2.05, 4.69) is 17.7 Å². The fourth-order valence-corrected chi connectivity index (χ4v) is 4.11. The first-order valence-corrected chi connectivity index (χ1v) is 12.6. The normalized spacial score (nSPS) is 23.5. The molecule has 2 N–H and O–H groups in total. The van der Waals surface area contributed by atoms with Gasteiger partial charge in [0.15, 0.2) is 17.7 Å². The standard InChI is InChI=1S/C26H40N2O7/c1-5-6-7-8-9-10-11-12-17-31-22-21(32-24-23(22)33-26(2,3)34-24)18-27-35-25(29)28-19-13-15-20(30-4)16-14-19/h13-16,18,22-24,27H,5-12,17H2,1-4H3,(H,28,29)/t22-,23+,24+/m0/s1. The highest BCUT2D eigenvalue weighted by Gasteiger charge is 2.54. The molecule has 0 spiro atoms. The van der Waals surface area contributed by atoms with Crippen LogP contribution in [-0.4, -0.2) is 44.1 Å². The van der Waals surface area contributed by atoms with E-state index in [-0.39, 0.29) is 6.10 Å². The van der Waals surface area contributed by atoms with Gasteiger partial charge in [0.2, 0.25) is 6.29 Å². The van der Waals surface area contributed by atoms with Crippen molar-refractivity contribution in [2.75, 3.05) is 19.0 Å². The summed E-state index contributed by atoms with van der Waals surface area (Å²) in [5.74, 6) is 0.414. The quantitative estimate of drug-likeness (QED) is 0.255. The van der Waals surface area contributed by atoms with Crippen LogP contribution in [0.3, 0.4) is 0 Å². The largest absolute Gasteiger partial charge is 0.497 e. The number of methoxy groups -OCH3 is 1. The molecule has 3 atom stereocenters. The number of ether oxygens (including phenoxy) is 5. The second-order valence-corrected chi connectivity index (χ2v) is 9.26. The predicted octanol–water partition coefficient (Wildman–Crippen LogP) is 5.62. The van der Waals surface area contributed by atoms with Gasteiger partial charge in [-0.1, -0.05) is 51.9 Å². The summed E-state index contributed by atoms with van der Waals surface area (Å²) in [6, 6.07) is 6.91. The Morgan fingerprint density at radius 3 is 2.40 bits per heavy atom. The summed E-state index contributed by atoms with van der Waals surface area (Å²) in [5.41, 5.74) is 3.11. The van der Waals surface area contributed by atoms with Gasteiger partial charge >= 0.3 is 6.09 Å². The highest BCUT2D eigenvalue weighted by atomic mass is 16.8. The second-order valence-electron chi connectivity index (χ2n) is 9.26. The average molecular weight is 493 g/mol. The van der Waals surface area contributed by atoms with Crippen molar-refractivity contribution in [3.05, 3.63) is 36.2 Å². The van der Waals surface area contributed by atoms with Crippen LogP contribution in [0.5, 0.6) is 5.75 Å². The van der Waals surface area contributed by atoms with E-state index in [0.717, 1.165) is 12.8 Å². The molecule has 2 aliphatic heterocycles. The molecule has 2 saturated heterocycles. The zero-order valence-electron chi connectivity index (χ0n) is 21.3. The monoisotopic (exact) mass is 492 g/mol. The third kappa shape index (κ3) is 8.59. The van der Waals surface area contributed by atoms with Crippen molar-refractivity contribution in [1.29, 1.82) is 0 Å². The number of nitrogens with one attached hydrogen (secondary N) is 2. The van der Waals surface area contributed by atoms with Crippen LogP contribution in [0.25, 0.3) is 0 Å². The minimum Gasteiger partial charge on any atom is -0.497 e. The van der Waals surface area contributed by atoms with Crippen molar-refractivity contribution < 1.29 is 33.3 Å². The van der Waals surface area contributed by atoms with E-state index in [0.29, 0.717) is 23.8 Å². The highest BCUT2D eigenvalue weighted by molar-refractivity contribution is 5.84. The summed E-state index contributed by atoms with van der Waals surface area (Å²) >= 11 is 0. The molecule has 0 aromatic heterocycles. The molecule has 2 fully saturated rings. The number of rotatable bonds is 14. The van der Waals surface area contributed by atoms with Crippen molar-refractivity contribution in [2.45, 2.75) is 96.4 Å². The molecule has 9 heteroatoms. The van der Waals surface area contributed by atoms with Gasteiger partial charge < -0.3 is 28.5 Å². The Kier molecular flexibility index (Phi) is 10.5. The number of hydroxylamine groups is 1. The summed E-state index contributed by atoms with van der Waals surface area (Å²) in [5, 5.41) is 2.62. The summed E-state index contributed by atoms with van der Waals surface area (Å²) in [7, 11) is 1.58.